The number of likely N-dealkylation sites (tertiary alicyclic amines) is 1. The van der Waals surface area contributed by atoms with E-state index in [9.17, 15) is 4.79 Å². The third-order valence-corrected chi connectivity index (χ3v) is 3.98. The van der Waals surface area contributed by atoms with E-state index < -0.39 is 6.10 Å². The van der Waals surface area contributed by atoms with Crippen LogP contribution in [0.3, 0.4) is 0 Å². The van der Waals surface area contributed by atoms with Crippen LogP contribution in [-0.4, -0.2) is 30.0 Å². The highest BCUT2D eigenvalue weighted by Gasteiger charge is 2.22. The molecule has 2 N–H and O–H groups in total. The van der Waals surface area contributed by atoms with Crippen LogP contribution >= 0.6 is 0 Å². The Bertz CT molecular complexity index is 448. The average Bonchev–Trinajstić information content (AvgIpc) is 2.76. The number of carbonyl (C=O) groups excluding carboxylic acids is 1. The molecule has 1 fully saturated rings. The predicted molar refractivity (Wildman–Crippen MR) is 84.2 cm³/mol. The maximum absolute atomic E-state index is 12.4. The third-order valence-electron chi connectivity index (χ3n) is 3.98. The van der Waals surface area contributed by atoms with Crippen LogP contribution < -0.4 is 10.5 Å². The van der Waals surface area contributed by atoms with Gasteiger partial charge >= 0.3 is 0 Å². The van der Waals surface area contributed by atoms with Gasteiger partial charge in [0.1, 0.15) is 5.75 Å². The lowest BCUT2D eigenvalue weighted by molar-refractivity contribution is -0.137. The van der Waals surface area contributed by atoms with Gasteiger partial charge < -0.3 is 15.4 Å². The monoisotopic (exact) mass is 290 g/mol. The van der Waals surface area contributed by atoms with E-state index in [1.807, 2.05) is 43.0 Å². The highest BCUT2D eigenvalue weighted by molar-refractivity contribution is 5.80. The number of nitrogens with two attached hydrogens (primary N) is 1. The molecule has 0 radical (unpaired) electrons. The third kappa shape index (κ3) is 4.46. The summed E-state index contributed by atoms with van der Waals surface area (Å²) in [5.41, 5.74) is 6.89. The summed E-state index contributed by atoms with van der Waals surface area (Å²) in [4.78, 5) is 14.3. The normalized spacial score (nSPS) is 18.7. The summed E-state index contributed by atoms with van der Waals surface area (Å²) >= 11 is 0. The molecule has 0 bridgehead atoms. The van der Waals surface area contributed by atoms with Crippen molar-refractivity contribution < 1.29 is 9.53 Å². The fourth-order valence-corrected chi connectivity index (χ4v) is 2.65. The Kier molecular flexibility index (Phi) is 5.62. The van der Waals surface area contributed by atoms with Gasteiger partial charge in [-0.3, -0.25) is 4.79 Å². The van der Waals surface area contributed by atoms with Crippen molar-refractivity contribution in [2.75, 3.05) is 13.1 Å². The van der Waals surface area contributed by atoms with Gasteiger partial charge in [0.05, 0.1) is 0 Å². The van der Waals surface area contributed by atoms with Gasteiger partial charge in [0.25, 0.3) is 5.91 Å². The predicted octanol–water partition coefficient (Wildman–Crippen LogP) is 2.88. The number of carbonyl (C=O) groups is 1. The van der Waals surface area contributed by atoms with Crippen molar-refractivity contribution >= 4 is 5.91 Å². The van der Waals surface area contributed by atoms with E-state index in [2.05, 4.69) is 0 Å². The van der Waals surface area contributed by atoms with Gasteiger partial charge in [-0.1, -0.05) is 25.0 Å². The number of hydrogen-bond acceptors (Lipinski definition) is 3. The number of rotatable bonds is 4. The fourth-order valence-electron chi connectivity index (χ4n) is 2.65. The van der Waals surface area contributed by atoms with Crippen molar-refractivity contribution in [2.24, 2.45) is 5.73 Å². The van der Waals surface area contributed by atoms with Crippen LogP contribution in [-0.2, 0) is 4.79 Å². The fraction of sp³-hybridized carbons (Fsp3) is 0.588. The highest BCUT2D eigenvalue weighted by atomic mass is 16.5. The van der Waals surface area contributed by atoms with E-state index in [-0.39, 0.29) is 11.9 Å². The Balaban J connectivity index is 1.93. The zero-order chi connectivity index (χ0) is 15.2. The molecule has 4 nitrogen and oxygen atoms in total. The summed E-state index contributed by atoms with van der Waals surface area (Å²) in [6, 6.07) is 7.66. The van der Waals surface area contributed by atoms with E-state index >= 15 is 0 Å². The van der Waals surface area contributed by atoms with Crippen LogP contribution in [0.5, 0.6) is 5.75 Å². The molecule has 1 aromatic rings. The lowest BCUT2D eigenvalue weighted by atomic mass is 10.1. The van der Waals surface area contributed by atoms with Gasteiger partial charge in [0.15, 0.2) is 6.10 Å². The number of benzene rings is 1. The topological polar surface area (TPSA) is 55.6 Å². The summed E-state index contributed by atoms with van der Waals surface area (Å²) in [6.07, 6.45) is 4.20. The maximum Gasteiger partial charge on any atom is 0.263 e. The minimum absolute atomic E-state index is 0.00945. The zero-order valence-corrected chi connectivity index (χ0v) is 13.0. The Morgan fingerprint density at radius 3 is 2.19 bits per heavy atom. The van der Waals surface area contributed by atoms with Gasteiger partial charge in [0.2, 0.25) is 0 Å². The largest absolute Gasteiger partial charge is 0.481 e. The summed E-state index contributed by atoms with van der Waals surface area (Å²) in [6.45, 7) is 5.49. The van der Waals surface area contributed by atoms with Crippen LogP contribution in [0.15, 0.2) is 24.3 Å². The van der Waals surface area contributed by atoms with Crippen LogP contribution in [0.25, 0.3) is 0 Å². The smallest absolute Gasteiger partial charge is 0.263 e. The molecular formula is C17H26N2O2. The molecule has 0 aliphatic carbocycles. The summed E-state index contributed by atoms with van der Waals surface area (Å²) in [7, 11) is 0. The lowest BCUT2D eigenvalue weighted by Crippen LogP contribution is -2.40. The highest BCUT2D eigenvalue weighted by Crippen LogP contribution is 2.18. The molecular weight excluding hydrogens is 264 g/mol. The molecule has 1 amide bonds. The first-order valence-corrected chi connectivity index (χ1v) is 7.89. The molecule has 0 spiro atoms. The van der Waals surface area contributed by atoms with Crippen LogP contribution in [0.1, 0.15) is 51.1 Å². The quantitative estimate of drug-likeness (QED) is 0.927. The van der Waals surface area contributed by atoms with Gasteiger partial charge in [-0.05, 0) is 44.4 Å². The summed E-state index contributed by atoms with van der Waals surface area (Å²) < 4.78 is 5.77. The van der Waals surface area contributed by atoms with Gasteiger partial charge in [-0.2, -0.15) is 0 Å². The number of amides is 1. The van der Waals surface area contributed by atoms with Crippen molar-refractivity contribution in [3.8, 4) is 5.75 Å². The standard InChI is InChI=1S/C17H26N2O2/c1-13(18)15-7-9-16(10-8-15)21-14(2)17(20)19-11-5-3-4-6-12-19/h7-10,13-14H,3-6,11-12,18H2,1-2H3/t13-,14?/m0/s1. The number of ether oxygens (including phenoxy) is 1. The second-order valence-electron chi connectivity index (χ2n) is 5.86. The molecule has 4 heteroatoms. The number of hydrogen-bond donors (Lipinski definition) is 1. The molecule has 1 unspecified atom stereocenters. The summed E-state index contributed by atoms with van der Waals surface area (Å²) in [5, 5.41) is 0. The lowest BCUT2D eigenvalue weighted by Gasteiger charge is -2.24. The van der Waals surface area contributed by atoms with Crippen molar-refractivity contribution in [2.45, 2.75) is 51.7 Å². The van der Waals surface area contributed by atoms with Crippen LogP contribution in [0, 0.1) is 0 Å². The maximum atomic E-state index is 12.4. The van der Waals surface area contributed by atoms with Gasteiger partial charge in [0, 0.05) is 19.1 Å². The minimum Gasteiger partial charge on any atom is -0.481 e. The van der Waals surface area contributed by atoms with Crippen molar-refractivity contribution in [3.63, 3.8) is 0 Å². The van der Waals surface area contributed by atoms with E-state index in [1.54, 1.807) is 0 Å². The molecule has 21 heavy (non-hydrogen) atoms. The minimum atomic E-state index is -0.441. The first-order chi connectivity index (χ1) is 10.1. The van der Waals surface area contributed by atoms with Crippen molar-refractivity contribution in [1.82, 2.24) is 4.90 Å². The Morgan fingerprint density at radius 1 is 1.10 bits per heavy atom. The first kappa shape index (κ1) is 15.8. The molecule has 2 rings (SSSR count). The van der Waals surface area contributed by atoms with E-state index in [4.69, 9.17) is 10.5 Å². The van der Waals surface area contributed by atoms with Crippen molar-refractivity contribution in [1.29, 1.82) is 0 Å². The number of nitrogens with zero attached hydrogens (tertiary/aromatic N) is 1. The molecule has 1 saturated heterocycles. The van der Waals surface area contributed by atoms with E-state index in [0.29, 0.717) is 0 Å². The van der Waals surface area contributed by atoms with E-state index in [1.165, 1.54) is 12.8 Å². The van der Waals surface area contributed by atoms with Crippen LogP contribution in [0.2, 0.25) is 0 Å². The molecule has 1 heterocycles. The molecule has 0 saturated carbocycles. The second-order valence-corrected chi connectivity index (χ2v) is 5.86. The SMILES string of the molecule is CC(Oc1ccc([C@H](C)N)cc1)C(=O)N1CCCCCC1. The first-order valence-electron chi connectivity index (χ1n) is 7.89. The second kappa shape index (κ2) is 7.46. The van der Waals surface area contributed by atoms with Gasteiger partial charge in [-0.15, -0.1) is 0 Å². The molecule has 0 aromatic heterocycles. The van der Waals surface area contributed by atoms with E-state index in [0.717, 1.165) is 37.2 Å². The molecule has 1 aliphatic rings. The Morgan fingerprint density at radius 2 is 1.67 bits per heavy atom. The average molecular weight is 290 g/mol. The Hall–Kier alpha value is -1.55. The molecule has 2 atom stereocenters. The molecule has 1 aromatic carbocycles. The summed E-state index contributed by atoms with van der Waals surface area (Å²) in [5.74, 6) is 0.809. The van der Waals surface area contributed by atoms with Crippen molar-refractivity contribution in [3.05, 3.63) is 29.8 Å². The molecule has 1 aliphatic heterocycles. The van der Waals surface area contributed by atoms with Crippen LogP contribution in [0.4, 0.5) is 0 Å². The van der Waals surface area contributed by atoms with Gasteiger partial charge in [-0.25, -0.2) is 0 Å². The zero-order valence-electron chi connectivity index (χ0n) is 13.0. The molecule has 116 valence electrons. The Labute approximate surface area is 127 Å².